The first-order valence-electron chi connectivity index (χ1n) is 9.20. The van der Waals surface area contributed by atoms with Crippen molar-refractivity contribution in [3.63, 3.8) is 0 Å². The number of amides is 1. The van der Waals surface area contributed by atoms with Crippen molar-refractivity contribution in [2.45, 2.75) is 39.3 Å². The summed E-state index contributed by atoms with van der Waals surface area (Å²) < 4.78 is 40.4. The molecule has 1 saturated heterocycles. The van der Waals surface area contributed by atoms with E-state index in [2.05, 4.69) is 29.4 Å². The predicted molar refractivity (Wildman–Crippen MR) is 95.4 cm³/mol. The van der Waals surface area contributed by atoms with Crippen molar-refractivity contribution in [1.29, 1.82) is 0 Å². The van der Waals surface area contributed by atoms with E-state index < -0.39 is 11.7 Å². The van der Waals surface area contributed by atoms with Crippen molar-refractivity contribution in [3.8, 4) is 0 Å². The summed E-state index contributed by atoms with van der Waals surface area (Å²) in [6.45, 7) is 5.88. The first-order valence-corrected chi connectivity index (χ1v) is 9.20. The molecule has 148 valence electrons. The molecule has 1 atom stereocenters. The second kappa shape index (κ2) is 7.74. The number of piperidine rings is 1. The number of alkyl halides is 3. The molecule has 27 heavy (non-hydrogen) atoms. The molecule has 1 aliphatic heterocycles. The standard InChI is InChI=1S/C18H24F3N5O/c1-12(2)7-8-22-16(27)13-4-3-9-25(10-13)17-24-23-15-6-5-14(11-26(15)17)18(19,20)21/h5-6,11-13H,3-4,7-10H2,1-2H3,(H,22,27). The highest BCUT2D eigenvalue weighted by Crippen LogP contribution is 2.30. The Kier molecular flexibility index (Phi) is 5.57. The Morgan fingerprint density at radius 2 is 2.11 bits per heavy atom. The number of pyridine rings is 1. The van der Waals surface area contributed by atoms with Gasteiger partial charge >= 0.3 is 6.18 Å². The Hall–Kier alpha value is -2.32. The van der Waals surface area contributed by atoms with Gasteiger partial charge < -0.3 is 10.2 Å². The van der Waals surface area contributed by atoms with Gasteiger partial charge in [0.2, 0.25) is 11.9 Å². The molecule has 1 aliphatic rings. The summed E-state index contributed by atoms with van der Waals surface area (Å²) in [5.74, 6) is 0.642. The van der Waals surface area contributed by atoms with Crippen LogP contribution in [-0.4, -0.2) is 40.1 Å². The second-order valence-corrected chi connectivity index (χ2v) is 7.40. The van der Waals surface area contributed by atoms with Crippen LogP contribution >= 0.6 is 0 Å². The van der Waals surface area contributed by atoms with Crippen molar-refractivity contribution in [3.05, 3.63) is 23.9 Å². The number of carbonyl (C=O) groups is 1. The zero-order chi connectivity index (χ0) is 19.6. The molecular formula is C18H24F3N5O. The summed E-state index contributed by atoms with van der Waals surface area (Å²) in [4.78, 5) is 14.3. The lowest BCUT2D eigenvalue weighted by atomic mass is 9.97. The average Bonchev–Trinajstić information content (AvgIpc) is 3.04. The minimum Gasteiger partial charge on any atom is -0.356 e. The molecule has 2 aromatic heterocycles. The molecular weight excluding hydrogens is 359 g/mol. The lowest BCUT2D eigenvalue weighted by Crippen LogP contribution is -2.44. The van der Waals surface area contributed by atoms with Gasteiger partial charge in [0.15, 0.2) is 5.65 Å². The maximum atomic E-state index is 13.0. The Morgan fingerprint density at radius 1 is 1.33 bits per heavy atom. The fourth-order valence-corrected chi connectivity index (χ4v) is 3.26. The van der Waals surface area contributed by atoms with E-state index in [4.69, 9.17) is 0 Å². The van der Waals surface area contributed by atoms with Crippen LogP contribution in [0.25, 0.3) is 5.65 Å². The van der Waals surface area contributed by atoms with Gasteiger partial charge in [0.05, 0.1) is 11.5 Å². The number of anilines is 1. The van der Waals surface area contributed by atoms with Crippen LogP contribution in [0.2, 0.25) is 0 Å². The van der Waals surface area contributed by atoms with Crippen molar-refractivity contribution in [2.75, 3.05) is 24.5 Å². The summed E-state index contributed by atoms with van der Waals surface area (Å²) >= 11 is 0. The van der Waals surface area contributed by atoms with E-state index >= 15 is 0 Å². The Balaban J connectivity index is 1.75. The smallest absolute Gasteiger partial charge is 0.356 e. The second-order valence-electron chi connectivity index (χ2n) is 7.40. The van der Waals surface area contributed by atoms with E-state index in [0.29, 0.717) is 37.1 Å². The minimum atomic E-state index is -4.43. The number of nitrogens with one attached hydrogen (secondary N) is 1. The van der Waals surface area contributed by atoms with Crippen LogP contribution in [0.5, 0.6) is 0 Å². The Labute approximate surface area is 155 Å². The number of hydrogen-bond acceptors (Lipinski definition) is 4. The number of carbonyl (C=O) groups excluding carboxylic acids is 1. The molecule has 3 heterocycles. The molecule has 1 amide bonds. The van der Waals surface area contributed by atoms with Crippen molar-refractivity contribution < 1.29 is 18.0 Å². The lowest BCUT2D eigenvalue weighted by molar-refractivity contribution is -0.137. The quantitative estimate of drug-likeness (QED) is 0.862. The molecule has 9 heteroatoms. The molecule has 0 aromatic carbocycles. The third kappa shape index (κ3) is 4.51. The molecule has 0 saturated carbocycles. The minimum absolute atomic E-state index is 0.00912. The van der Waals surface area contributed by atoms with Crippen LogP contribution < -0.4 is 10.2 Å². The SMILES string of the molecule is CC(C)CCNC(=O)C1CCCN(c2nnc3ccc(C(F)(F)F)cn23)C1. The number of halogens is 3. The fraction of sp³-hybridized carbons (Fsp3) is 0.611. The van der Waals surface area contributed by atoms with Crippen LogP contribution in [0.4, 0.5) is 19.1 Å². The van der Waals surface area contributed by atoms with E-state index in [0.717, 1.165) is 31.5 Å². The monoisotopic (exact) mass is 383 g/mol. The van der Waals surface area contributed by atoms with Gasteiger partial charge in [0.1, 0.15) is 0 Å². The molecule has 1 unspecified atom stereocenters. The highest BCUT2D eigenvalue weighted by Gasteiger charge is 2.32. The molecule has 0 radical (unpaired) electrons. The predicted octanol–water partition coefficient (Wildman–Crippen LogP) is 3.13. The van der Waals surface area contributed by atoms with Gasteiger partial charge in [-0.1, -0.05) is 13.8 Å². The largest absolute Gasteiger partial charge is 0.417 e. The first kappa shape index (κ1) is 19.4. The molecule has 1 N–H and O–H groups in total. The number of aromatic nitrogens is 3. The summed E-state index contributed by atoms with van der Waals surface area (Å²) in [6, 6.07) is 2.30. The van der Waals surface area contributed by atoms with E-state index in [1.807, 2.05) is 4.90 Å². The van der Waals surface area contributed by atoms with Crippen LogP contribution in [0, 0.1) is 11.8 Å². The van der Waals surface area contributed by atoms with E-state index in [-0.39, 0.29) is 11.8 Å². The summed E-state index contributed by atoms with van der Waals surface area (Å²) in [6.07, 6.45) is -0.977. The molecule has 3 rings (SSSR count). The molecule has 0 spiro atoms. The maximum Gasteiger partial charge on any atom is 0.417 e. The lowest BCUT2D eigenvalue weighted by Gasteiger charge is -2.32. The van der Waals surface area contributed by atoms with Gasteiger partial charge in [-0.15, -0.1) is 10.2 Å². The zero-order valence-electron chi connectivity index (χ0n) is 15.5. The van der Waals surface area contributed by atoms with Gasteiger partial charge in [-0.2, -0.15) is 13.2 Å². The summed E-state index contributed by atoms with van der Waals surface area (Å²) in [5, 5.41) is 11.0. The van der Waals surface area contributed by atoms with Gasteiger partial charge in [-0.25, -0.2) is 0 Å². The van der Waals surface area contributed by atoms with Gasteiger partial charge in [-0.05, 0) is 37.3 Å². The van der Waals surface area contributed by atoms with E-state index in [1.54, 1.807) is 0 Å². The van der Waals surface area contributed by atoms with Crippen LogP contribution in [0.1, 0.15) is 38.7 Å². The fourth-order valence-electron chi connectivity index (χ4n) is 3.26. The highest BCUT2D eigenvalue weighted by atomic mass is 19.4. The molecule has 0 bridgehead atoms. The number of fused-ring (bicyclic) bond motifs is 1. The molecule has 6 nitrogen and oxygen atoms in total. The van der Waals surface area contributed by atoms with Gasteiger partial charge in [0.25, 0.3) is 0 Å². The average molecular weight is 383 g/mol. The van der Waals surface area contributed by atoms with Crippen molar-refractivity contribution in [2.24, 2.45) is 11.8 Å². The van der Waals surface area contributed by atoms with E-state index in [9.17, 15) is 18.0 Å². The van der Waals surface area contributed by atoms with Crippen molar-refractivity contribution in [1.82, 2.24) is 19.9 Å². The van der Waals surface area contributed by atoms with Gasteiger partial charge in [-0.3, -0.25) is 9.20 Å². The number of nitrogens with zero attached hydrogens (tertiary/aromatic N) is 4. The number of hydrogen-bond donors (Lipinski definition) is 1. The highest BCUT2D eigenvalue weighted by molar-refractivity contribution is 5.79. The third-order valence-corrected chi connectivity index (χ3v) is 4.81. The van der Waals surface area contributed by atoms with Crippen molar-refractivity contribution >= 4 is 17.5 Å². The number of rotatable bonds is 5. The Morgan fingerprint density at radius 3 is 2.81 bits per heavy atom. The first-order chi connectivity index (χ1) is 12.8. The Bertz CT molecular complexity index is 802. The van der Waals surface area contributed by atoms with Gasteiger partial charge in [0, 0.05) is 25.8 Å². The molecule has 2 aromatic rings. The van der Waals surface area contributed by atoms with Crippen LogP contribution in [0.3, 0.4) is 0 Å². The topological polar surface area (TPSA) is 62.5 Å². The third-order valence-electron chi connectivity index (χ3n) is 4.81. The summed E-state index contributed by atoms with van der Waals surface area (Å²) in [7, 11) is 0. The maximum absolute atomic E-state index is 13.0. The summed E-state index contributed by atoms with van der Waals surface area (Å²) in [5.41, 5.74) is -0.405. The molecule has 0 aliphatic carbocycles. The molecule has 1 fully saturated rings. The van der Waals surface area contributed by atoms with Crippen LogP contribution in [0.15, 0.2) is 18.3 Å². The zero-order valence-corrected chi connectivity index (χ0v) is 15.5. The van der Waals surface area contributed by atoms with E-state index in [1.165, 1.54) is 10.5 Å². The van der Waals surface area contributed by atoms with Crippen LogP contribution in [-0.2, 0) is 11.0 Å². The normalized spacial score (nSPS) is 18.3.